The van der Waals surface area contributed by atoms with Crippen LogP contribution in [0.4, 0.5) is 13.2 Å². The number of halogens is 3. The summed E-state index contributed by atoms with van der Waals surface area (Å²) in [6.07, 6.45) is 3.62. The van der Waals surface area contributed by atoms with Gasteiger partial charge in [-0.25, -0.2) is 18.2 Å². The van der Waals surface area contributed by atoms with Crippen LogP contribution >= 0.6 is 0 Å². The standard InChI is InChI=1S/C29H26F3N3O5/c30-24-7-2-1-6-20(24)16-33-15-19(12-22-25(31)8-5-9-26(22)32)13-23(29(33)40)27(38)14-21(37)17-34(18-36)35-11-4-3-10-28(35)39/h1-2,5-9,13-15,18,38H,3-4,10-12,16-17H2. The molecule has 0 radical (unpaired) electrons. The van der Waals surface area contributed by atoms with Gasteiger partial charge in [-0.15, -0.1) is 0 Å². The summed E-state index contributed by atoms with van der Waals surface area (Å²) < 4.78 is 44.1. The Bertz CT molecular complexity index is 1520. The number of carbonyl (C=O) groups excluding carboxylic acids is 3. The Kier molecular flexibility index (Phi) is 8.83. The van der Waals surface area contributed by atoms with Gasteiger partial charge in [0.2, 0.25) is 12.3 Å². The summed E-state index contributed by atoms with van der Waals surface area (Å²) in [7, 11) is 0. The molecule has 8 nitrogen and oxygen atoms in total. The quantitative estimate of drug-likeness (QED) is 0.234. The Labute approximate surface area is 227 Å². The predicted molar refractivity (Wildman–Crippen MR) is 139 cm³/mol. The van der Waals surface area contributed by atoms with Crippen molar-refractivity contribution in [2.45, 2.75) is 32.2 Å². The summed E-state index contributed by atoms with van der Waals surface area (Å²) in [5.74, 6) is -4.08. The number of aliphatic hydroxyl groups excluding tert-OH is 1. The van der Waals surface area contributed by atoms with Gasteiger partial charge in [0, 0.05) is 42.8 Å². The summed E-state index contributed by atoms with van der Waals surface area (Å²) in [6.45, 7) is -0.567. The van der Waals surface area contributed by atoms with E-state index in [9.17, 15) is 37.5 Å². The van der Waals surface area contributed by atoms with Crippen LogP contribution in [-0.4, -0.2) is 50.9 Å². The Hall–Kier alpha value is -4.67. The van der Waals surface area contributed by atoms with Gasteiger partial charge in [-0.05, 0) is 42.7 Å². The number of rotatable bonds is 10. The van der Waals surface area contributed by atoms with E-state index in [0.29, 0.717) is 19.3 Å². The number of ketones is 1. The number of benzene rings is 2. The zero-order valence-electron chi connectivity index (χ0n) is 21.4. The van der Waals surface area contributed by atoms with E-state index < -0.39 is 41.1 Å². The van der Waals surface area contributed by atoms with E-state index in [1.807, 2.05) is 0 Å². The maximum Gasteiger partial charge on any atom is 0.261 e. The Morgan fingerprint density at radius 3 is 2.38 bits per heavy atom. The number of nitrogens with zero attached hydrogens (tertiary/aromatic N) is 3. The fraction of sp³-hybridized carbons (Fsp3) is 0.241. The number of hydrazine groups is 1. The first kappa shape index (κ1) is 28.3. The molecule has 40 heavy (non-hydrogen) atoms. The number of carbonyl (C=O) groups is 3. The molecule has 1 aromatic heterocycles. The Morgan fingerprint density at radius 1 is 1.00 bits per heavy atom. The van der Waals surface area contributed by atoms with Gasteiger partial charge < -0.3 is 9.67 Å². The van der Waals surface area contributed by atoms with Gasteiger partial charge in [0.15, 0.2) is 5.78 Å². The molecule has 4 rings (SSSR count). The fourth-order valence-electron chi connectivity index (χ4n) is 4.49. The molecule has 1 N–H and O–H groups in total. The van der Waals surface area contributed by atoms with Gasteiger partial charge >= 0.3 is 0 Å². The van der Waals surface area contributed by atoms with Crippen LogP contribution < -0.4 is 5.56 Å². The first-order valence-electron chi connectivity index (χ1n) is 12.5. The molecule has 0 unspecified atom stereocenters. The molecule has 3 aromatic rings. The van der Waals surface area contributed by atoms with E-state index in [1.54, 1.807) is 6.07 Å². The number of pyridine rings is 1. The second kappa shape index (κ2) is 12.5. The Balaban J connectivity index is 1.69. The third-order valence-corrected chi connectivity index (χ3v) is 6.51. The summed E-state index contributed by atoms with van der Waals surface area (Å²) in [6, 6.07) is 10.3. The van der Waals surface area contributed by atoms with Crippen molar-refractivity contribution in [3.05, 3.63) is 111 Å². The molecule has 2 aromatic carbocycles. The van der Waals surface area contributed by atoms with Crippen LogP contribution in [0.1, 0.15) is 41.5 Å². The van der Waals surface area contributed by atoms with E-state index >= 15 is 0 Å². The van der Waals surface area contributed by atoms with Crippen molar-refractivity contribution in [2.75, 3.05) is 13.1 Å². The van der Waals surface area contributed by atoms with Crippen LogP contribution in [0.25, 0.3) is 5.76 Å². The van der Waals surface area contributed by atoms with Crippen molar-refractivity contribution in [3.8, 4) is 0 Å². The molecular weight excluding hydrogens is 527 g/mol. The largest absolute Gasteiger partial charge is 0.507 e. The minimum absolute atomic E-state index is 0.150. The average Bonchev–Trinajstić information content (AvgIpc) is 2.92. The molecule has 1 aliphatic rings. The summed E-state index contributed by atoms with van der Waals surface area (Å²) >= 11 is 0. The highest BCUT2D eigenvalue weighted by atomic mass is 19.1. The highest BCUT2D eigenvalue weighted by molar-refractivity contribution is 5.97. The van der Waals surface area contributed by atoms with Crippen LogP contribution in [0.2, 0.25) is 0 Å². The number of hydrogen-bond acceptors (Lipinski definition) is 5. The van der Waals surface area contributed by atoms with Crippen molar-refractivity contribution in [1.82, 2.24) is 14.6 Å². The number of aromatic nitrogens is 1. The topological polar surface area (TPSA) is 99.9 Å². The third kappa shape index (κ3) is 6.48. The normalized spacial score (nSPS) is 13.8. The average molecular weight is 554 g/mol. The monoisotopic (exact) mass is 553 g/mol. The minimum atomic E-state index is -0.815. The minimum Gasteiger partial charge on any atom is -0.507 e. The lowest BCUT2D eigenvalue weighted by Gasteiger charge is -2.33. The molecule has 1 aliphatic heterocycles. The molecule has 1 fully saturated rings. The van der Waals surface area contributed by atoms with Gasteiger partial charge in [0.1, 0.15) is 29.8 Å². The molecule has 208 valence electrons. The zero-order valence-corrected chi connectivity index (χ0v) is 21.4. The SMILES string of the molecule is O=CN(CC(=O)C=C(O)c1cc(Cc2c(F)cccc2F)cn(Cc2ccccc2F)c1=O)N1CCCCC1=O. The molecule has 2 amide bonds. The van der Waals surface area contributed by atoms with Crippen LogP contribution in [-0.2, 0) is 27.3 Å². The second-order valence-corrected chi connectivity index (χ2v) is 9.34. The van der Waals surface area contributed by atoms with Crippen molar-refractivity contribution in [3.63, 3.8) is 0 Å². The first-order valence-corrected chi connectivity index (χ1v) is 12.5. The van der Waals surface area contributed by atoms with Crippen LogP contribution in [0, 0.1) is 17.5 Å². The maximum atomic E-state index is 14.4. The van der Waals surface area contributed by atoms with E-state index in [0.717, 1.165) is 32.8 Å². The third-order valence-electron chi connectivity index (χ3n) is 6.51. The smallest absolute Gasteiger partial charge is 0.261 e. The Morgan fingerprint density at radius 2 is 1.70 bits per heavy atom. The van der Waals surface area contributed by atoms with Gasteiger partial charge in [-0.2, -0.15) is 0 Å². The lowest BCUT2D eigenvalue weighted by Crippen LogP contribution is -2.49. The number of amides is 2. The van der Waals surface area contributed by atoms with Crippen molar-refractivity contribution < 1.29 is 32.7 Å². The lowest BCUT2D eigenvalue weighted by atomic mass is 10.0. The lowest BCUT2D eigenvalue weighted by molar-refractivity contribution is -0.160. The molecule has 0 spiro atoms. The second-order valence-electron chi connectivity index (χ2n) is 9.34. The highest BCUT2D eigenvalue weighted by Gasteiger charge is 2.25. The molecule has 0 atom stereocenters. The molecular formula is C29H26F3N3O5. The zero-order chi connectivity index (χ0) is 28.8. The van der Waals surface area contributed by atoms with Gasteiger partial charge in [-0.1, -0.05) is 24.3 Å². The molecule has 0 saturated carbocycles. The molecule has 2 heterocycles. The molecule has 0 aliphatic carbocycles. The van der Waals surface area contributed by atoms with E-state index in [2.05, 4.69) is 0 Å². The van der Waals surface area contributed by atoms with Crippen molar-refractivity contribution in [1.29, 1.82) is 0 Å². The molecule has 1 saturated heterocycles. The molecule has 11 heteroatoms. The maximum absolute atomic E-state index is 14.4. The summed E-state index contributed by atoms with van der Waals surface area (Å²) in [5.41, 5.74) is -1.09. The van der Waals surface area contributed by atoms with E-state index in [1.165, 1.54) is 36.5 Å². The van der Waals surface area contributed by atoms with Crippen LogP contribution in [0.5, 0.6) is 0 Å². The van der Waals surface area contributed by atoms with E-state index in [4.69, 9.17) is 0 Å². The van der Waals surface area contributed by atoms with Gasteiger partial charge in [0.25, 0.3) is 5.56 Å². The fourth-order valence-corrected chi connectivity index (χ4v) is 4.49. The van der Waals surface area contributed by atoms with Gasteiger partial charge in [0.05, 0.1) is 12.1 Å². The summed E-state index contributed by atoms with van der Waals surface area (Å²) in [5, 5.41) is 12.8. The predicted octanol–water partition coefficient (Wildman–Crippen LogP) is 3.76. The summed E-state index contributed by atoms with van der Waals surface area (Å²) in [4.78, 5) is 49.7. The van der Waals surface area contributed by atoms with Crippen LogP contribution in [0.3, 0.4) is 0 Å². The van der Waals surface area contributed by atoms with Crippen molar-refractivity contribution >= 4 is 23.9 Å². The van der Waals surface area contributed by atoms with Gasteiger partial charge in [-0.3, -0.25) is 24.2 Å². The number of hydrogen-bond donors (Lipinski definition) is 1. The highest BCUT2D eigenvalue weighted by Crippen LogP contribution is 2.20. The number of aliphatic hydroxyl groups is 1. The van der Waals surface area contributed by atoms with E-state index in [-0.39, 0.29) is 54.1 Å². The molecule has 0 bridgehead atoms. The van der Waals surface area contributed by atoms with Crippen molar-refractivity contribution in [2.24, 2.45) is 0 Å². The first-order chi connectivity index (χ1) is 19.2. The number of piperidine rings is 1. The van der Waals surface area contributed by atoms with Crippen LogP contribution in [0.15, 0.2) is 65.6 Å².